The van der Waals surface area contributed by atoms with E-state index in [4.69, 9.17) is 28.3 Å². The topological polar surface area (TPSA) is 37.3 Å². The third-order valence-corrected chi connectivity index (χ3v) is 3.22. The second-order valence-electron chi connectivity index (χ2n) is 4.01. The van der Waals surface area contributed by atoms with E-state index < -0.39 is 5.97 Å². The minimum absolute atomic E-state index is 0.179. The van der Waals surface area contributed by atoms with Crippen molar-refractivity contribution in [3.05, 3.63) is 10.6 Å². The molecule has 74 valence electrons. The van der Waals surface area contributed by atoms with E-state index in [2.05, 4.69) is 0 Å². The predicted molar refractivity (Wildman–Crippen MR) is 52.8 cm³/mol. The van der Waals surface area contributed by atoms with Crippen LogP contribution in [0.5, 0.6) is 0 Å². The summed E-state index contributed by atoms with van der Waals surface area (Å²) in [6.07, 6.45) is 2.35. The summed E-state index contributed by atoms with van der Waals surface area (Å²) < 4.78 is 0.224. The summed E-state index contributed by atoms with van der Waals surface area (Å²) in [4.78, 5) is 10.7. The third kappa shape index (κ3) is 2.00. The lowest BCUT2D eigenvalue weighted by Gasteiger charge is -2.48. The Morgan fingerprint density at radius 2 is 2.08 bits per heavy atom. The first-order valence-electron chi connectivity index (χ1n) is 4.11. The van der Waals surface area contributed by atoms with Gasteiger partial charge in [0.1, 0.15) is 4.49 Å². The maximum Gasteiger partial charge on any atom is 0.307 e. The standard InChI is InChI=1S/C9H12Cl2O2/c1-9(2)5(4-7(10)11)3-6(9)8(12)13/h4-6H,3H2,1-2H3,(H,12,13). The number of carboxylic acid groups (broad SMARTS) is 1. The Morgan fingerprint density at radius 1 is 1.54 bits per heavy atom. The van der Waals surface area contributed by atoms with Gasteiger partial charge >= 0.3 is 5.97 Å². The lowest BCUT2D eigenvalue weighted by Crippen LogP contribution is -2.47. The molecule has 0 heterocycles. The number of hydrogen-bond acceptors (Lipinski definition) is 1. The van der Waals surface area contributed by atoms with Crippen LogP contribution in [0.2, 0.25) is 0 Å². The SMILES string of the molecule is CC1(C)C(C=C(Cl)Cl)CC1C(=O)O. The van der Waals surface area contributed by atoms with Crippen molar-refractivity contribution >= 4 is 29.2 Å². The van der Waals surface area contributed by atoms with Gasteiger partial charge in [-0.1, -0.05) is 43.1 Å². The number of rotatable bonds is 2. The summed E-state index contributed by atoms with van der Waals surface area (Å²) >= 11 is 11.0. The molecular weight excluding hydrogens is 211 g/mol. The van der Waals surface area contributed by atoms with E-state index >= 15 is 0 Å². The normalized spacial score (nSPS) is 30.5. The number of halogens is 2. The van der Waals surface area contributed by atoms with E-state index in [1.165, 1.54) is 0 Å². The summed E-state index contributed by atoms with van der Waals surface area (Å²) in [6, 6.07) is 0. The number of carbonyl (C=O) groups is 1. The third-order valence-electron chi connectivity index (χ3n) is 2.97. The monoisotopic (exact) mass is 222 g/mol. The van der Waals surface area contributed by atoms with Crippen LogP contribution in [0.4, 0.5) is 0 Å². The molecule has 0 aliphatic heterocycles. The first-order chi connectivity index (χ1) is 5.85. The van der Waals surface area contributed by atoms with Gasteiger partial charge < -0.3 is 5.11 Å². The molecule has 2 unspecified atom stereocenters. The summed E-state index contributed by atoms with van der Waals surface area (Å²) in [7, 11) is 0. The second-order valence-corrected chi connectivity index (χ2v) is 5.02. The van der Waals surface area contributed by atoms with Crippen LogP contribution >= 0.6 is 23.2 Å². The molecule has 2 nitrogen and oxygen atoms in total. The molecule has 1 fully saturated rings. The smallest absolute Gasteiger partial charge is 0.307 e. The maximum atomic E-state index is 10.7. The Morgan fingerprint density at radius 3 is 2.38 bits per heavy atom. The van der Waals surface area contributed by atoms with Crippen molar-refractivity contribution in [2.24, 2.45) is 17.3 Å². The molecule has 1 rings (SSSR count). The lowest BCUT2D eigenvalue weighted by atomic mass is 9.55. The van der Waals surface area contributed by atoms with Crippen molar-refractivity contribution in [2.45, 2.75) is 20.3 Å². The fourth-order valence-electron chi connectivity index (χ4n) is 1.81. The highest BCUT2D eigenvalue weighted by Crippen LogP contribution is 2.52. The second kappa shape index (κ2) is 3.50. The number of allylic oxidation sites excluding steroid dienone is 1. The minimum atomic E-state index is -0.736. The average Bonchev–Trinajstić information content (AvgIpc) is 1.96. The van der Waals surface area contributed by atoms with Gasteiger partial charge in [0.15, 0.2) is 0 Å². The summed E-state index contributed by atoms with van der Waals surface area (Å²) in [5.74, 6) is -0.833. The number of hydrogen-bond donors (Lipinski definition) is 1. The van der Waals surface area contributed by atoms with Gasteiger partial charge in [0.25, 0.3) is 0 Å². The van der Waals surface area contributed by atoms with Crippen LogP contribution < -0.4 is 0 Å². The minimum Gasteiger partial charge on any atom is -0.481 e. The summed E-state index contributed by atoms with van der Waals surface area (Å²) in [5.41, 5.74) is -0.235. The zero-order valence-electron chi connectivity index (χ0n) is 7.55. The molecule has 13 heavy (non-hydrogen) atoms. The molecule has 4 heteroatoms. The molecule has 1 aliphatic rings. The van der Waals surface area contributed by atoms with Crippen molar-refractivity contribution in [1.29, 1.82) is 0 Å². The predicted octanol–water partition coefficient (Wildman–Crippen LogP) is 3.05. The van der Waals surface area contributed by atoms with Crippen LogP contribution in [0.15, 0.2) is 10.6 Å². The Hall–Kier alpha value is -0.210. The molecule has 0 aromatic heterocycles. The molecule has 0 bridgehead atoms. The fraction of sp³-hybridized carbons (Fsp3) is 0.667. The van der Waals surface area contributed by atoms with E-state index in [9.17, 15) is 4.79 Å². The first-order valence-corrected chi connectivity index (χ1v) is 4.87. The van der Waals surface area contributed by atoms with Gasteiger partial charge in [-0.05, 0) is 17.8 Å². The quantitative estimate of drug-likeness (QED) is 0.781. The fourth-order valence-corrected chi connectivity index (χ4v) is 2.12. The highest BCUT2D eigenvalue weighted by Gasteiger charge is 2.50. The van der Waals surface area contributed by atoms with E-state index in [0.29, 0.717) is 6.42 Å². The van der Waals surface area contributed by atoms with Gasteiger partial charge in [0.05, 0.1) is 5.92 Å². The van der Waals surface area contributed by atoms with Gasteiger partial charge in [0.2, 0.25) is 0 Å². The van der Waals surface area contributed by atoms with Crippen molar-refractivity contribution in [3.63, 3.8) is 0 Å². The van der Waals surface area contributed by atoms with E-state index in [1.54, 1.807) is 6.08 Å². The van der Waals surface area contributed by atoms with Gasteiger partial charge in [-0.2, -0.15) is 0 Å². The summed E-state index contributed by atoms with van der Waals surface area (Å²) in [5, 5.41) is 8.83. The van der Waals surface area contributed by atoms with E-state index in [0.717, 1.165) is 0 Å². The number of carboxylic acids is 1. The maximum absolute atomic E-state index is 10.7. The molecule has 1 aliphatic carbocycles. The van der Waals surface area contributed by atoms with Gasteiger partial charge in [-0.15, -0.1) is 0 Å². The van der Waals surface area contributed by atoms with Crippen molar-refractivity contribution < 1.29 is 9.90 Å². The Bertz CT molecular complexity index is 254. The van der Waals surface area contributed by atoms with Crippen molar-refractivity contribution in [2.75, 3.05) is 0 Å². The molecule has 0 aromatic rings. The Kier molecular flexibility index (Phi) is 2.93. The van der Waals surface area contributed by atoms with Crippen LogP contribution in [-0.2, 0) is 4.79 Å². The number of aliphatic carboxylic acids is 1. The van der Waals surface area contributed by atoms with E-state index in [1.807, 2.05) is 13.8 Å². The van der Waals surface area contributed by atoms with Crippen LogP contribution in [0.3, 0.4) is 0 Å². The largest absolute Gasteiger partial charge is 0.481 e. The van der Waals surface area contributed by atoms with Gasteiger partial charge in [-0.25, -0.2) is 0 Å². The molecule has 0 saturated heterocycles. The van der Waals surface area contributed by atoms with Gasteiger partial charge in [0, 0.05) is 0 Å². The molecule has 0 spiro atoms. The molecule has 1 N–H and O–H groups in total. The van der Waals surface area contributed by atoms with Crippen LogP contribution in [0, 0.1) is 17.3 Å². The highest BCUT2D eigenvalue weighted by molar-refractivity contribution is 6.55. The van der Waals surface area contributed by atoms with Crippen molar-refractivity contribution in [1.82, 2.24) is 0 Å². The zero-order chi connectivity index (χ0) is 10.2. The molecular formula is C9H12Cl2O2. The average molecular weight is 223 g/mol. The van der Waals surface area contributed by atoms with Gasteiger partial charge in [-0.3, -0.25) is 4.79 Å². The Labute approximate surface area is 87.5 Å². The first kappa shape index (κ1) is 10.9. The molecule has 0 radical (unpaired) electrons. The van der Waals surface area contributed by atoms with Crippen LogP contribution in [0.1, 0.15) is 20.3 Å². The molecule has 0 aromatic carbocycles. The summed E-state index contributed by atoms with van der Waals surface area (Å²) in [6.45, 7) is 3.85. The molecule has 1 saturated carbocycles. The molecule has 0 amide bonds. The highest BCUT2D eigenvalue weighted by atomic mass is 35.5. The molecule has 2 atom stereocenters. The van der Waals surface area contributed by atoms with Crippen LogP contribution in [0.25, 0.3) is 0 Å². The Balaban J connectivity index is 2.70. The van der Waals surface area contributed by atoms with Crippen molar-refractivity contribution in [3.8, 4) is 0 Å². The van der Waals surface area contributed by atoms with E-state index in [-0.39, 0.29) is 21.7 Å². The lowest BCUT2D eigenvalue weighted by molar-refractivity contribution is -0.156. The zero-order valence-corrected chi connectivity index (χ0v) is 9.06. The van der Waals surface area contributed by atoms with Crippen LogP contribution in [-0.4, -0.2) is 11.1 Å².